The van der Waals surface area contributed by atoms with Crippen LogP contribution in [0.15, 0.2) is 66.3 Å². The van der Waals surface area contributed by atoms with E-state index in [0.29, 0.717) is 11.1 Å². The van der Waals surface area contributed by atoms with Gasteiger partial charge in [0.15, 0.2) is 0 Å². The Labute approximate surface area is 131 Å². The third kappa shape index (κ3) is 4.07. The molecule has 0 radical (unpaired) electrons. The van der Waals surface area contributed by atoms with Crippen LogP contribution in [0.2, 0.25) is 0 Å². The Kier molecular flexibility index (Phi) is 6.59. The molecule has 0 bridgehead atoms. The molecule has 0 saturated heterocycles. The van der Waals surface area contributed by atoms with E-state index in [0.717, 1.165) is 11.3 Å². The van der Waals surface area contributed by atoms with Crippen LogP contribution < -0.4 is 4.74 Å². The van der Waals surface area contributed by atoms with E-state index in [1.807, 2.05) is 25.1 Å². The van der Waals surface area contributed by atoms with Gasteiger partial charge >= 0.3 is 0 Å². The smallest absolute Gasteiger partial charge is 0.203 e. The third-order valence-corrected chi connectivity index (χ3v) is 3.14. The zero-order valence-electron chi connectivity index (χ0n) is 13.1. The van der Waals surface area contributed by atoms with E-state index in [2.05, 4.69) is 6.58 Å². The predicted octanol–water partition coefficient (Wildman–Crippen LogP) is 4.25. The number of ketones is 1. The lowest BCUT2D eigenvalue weighted by atomic mass is 9.95. The van der Waals surface area contributed by atoms with Crippen LogP contribution in [0.1, 0.15) is 19.4 Å². The number of nitriles is 1. The van der Waals surface area contributed by atoms with Gasteiger partial charge in [-0.3, -0.25) is 4.79 Å². The number of carbonyl (C=O) groups excluding carboxylic acids is 1. The number of methoxy groups -OCH3 is 1. The highest BCUT2D eigenvalue weighted by Crippen LogP contribution is 2.23. The Balaban J connectivity index is 3.31. The van der Waals surface area contributed by atoms with Gasteiger partial charge in [0.25, 0.3) is 0 Å². The molecule has 1 aromatic carbocycles. The predicted molar refractivity (Wildman–Crippen MR) is 89.3 cm³/mol. The first kappa shape index (κ1) is 17.2. The first-order valence-corrected chi connectivity index (χ1v) is 6.84. The molecule has 0 saturated carbocycles. The molecule has 0 aliphatic carbocycles. The van der Waals surface area contributed by atoms with Crippen LogP contribution in [-0.2, 0) is 4.79 Å². The van der Waals surface area contributed by atoms with E-state index in [-0.39, 0.29) is 11.4 Å². The lowest BCUT2D eigenvalue weighted by Crippen LogP contribution is -2.05. The fourth-order valence-electron chi connectivity index (χ4n) is 1.95. The molecule has 1 rings (SSSR count). The molecule has 0 heterocycles. The number of hydrogen-bond acceptors (Lipinski definition) is 3. The molecule has 22 heavy (non-hydrogen) atoms. The largest absolute Gasteiger partial charge is 0.497 e. The maximum atomic E-state index is 12.5. The van der Waals surface area contributed by atoms with Crippen molar-refractivity contribution in [2.75, 3.05) is 7.11 Å². The van der Waals surface area contributed by atoms with Crippen LogP contribution in [0, 0.1) is 11.3 Å². The number of Topliss-reactive ketones (excluding diaryl/α,β-unsaturated/α-hetero) is 1. The summed E-state index contributed by atoms with van der Waals surface area (Å²) in [5, 5.41) is 9.38. The Morgan fingerprint density at radius 1 is 1.32 bits per heavy atom. The molecule has 0 spiro atoms. The van der Waals surface area contributed by atoms with Gasteiger partial charge in [-0.05, 0) is 37.1 Å². The van der Waals surface area contributed by atoms with Crippen LogP contribution in [0.3, 0.4) is 0 Å². The van der Waals surface area contributed by atoms with Crippen molar-refractivity contribution in [3.63, 3.8) is 0 Å². The Morgan fingerprint density at radius 3 is 2.41 bits per heavy atom. The summed E-state index contributed by atoms with van der Waals surface area (Å²) in [6.07, 6.45) is 6.56. The van der Waals surface area contributed by atoms with E-state index >= 15 is 0 Å². The van der Waals surface area contributed by atoms with E-state index in [4.69, 9.17) is 4.74 Å². The van der Waals surface area contributed by atoms with E-state index in [1.165, 1.54) is 6.08 Å². The van der Waals surface area contributed by atoms with Crippen molar-refractivity contribution in [1.82, 2.24) is 0 Å². The van der Waals surface area contributed by atoms with Crippen LogP contribution in [0.4, 0.5) is 0 Å². The van der Waals surface area contributed by atoms with Crippen molar-refractivity contribution < 1.29 is 9.53 Å². The number of ether oxygens (including phenoxy) is 1. The highest BCUT2D eigenvalue weighted by Gasteiger charge is 2.16. The molecule has 112 valence electrons. The second kappa shape index (κ2) is 8.43. The maximum Gasteiger partial charge on any atom is 0.203 e. The SMILES string of the molecule is C=C/C=C(\C=C/C)C(=O)/C(C#N)=C(\C)c1ccc(OC)cc1. The summed E-state index contributed by atoms with van der Waals surface area (Å²) in [5.41, 5.74) is 2.00. The average Bonchev–Trinajstić information content (AvgIpc) is 2.55. The number of allylic oxidation sites excluding steroid dienone is 7. The van der Waals surface area contributed by atoms with E-state index < -0.39 is 0 Å². The molecular weight excluding hydrogens is 274 g/mol. The lowest BCUT2D eigenvalue weighted by molar-refractivity contribution is -0.111. The van der Waals surface area contributed by atoms with Gasteiger partial charge in [-0.15, -0.1) is 0 Å². The Bertz CT molecular complexity index is 683. The van der Waals surface area contributed by atoms with Gasteiger partial charge in [-0.1, -0.05) is 43.0 Å². The molecule has 0 aliphatic heterocycles. The minimum absolute atomic E-state index is 0.122. The summed E-state index contributed by atoms with van der Waals surface area (Å²) in [6, 6.07) is 9.26. The van der Waals surface area contributed by atoms with Crippen molar-refractivity contribution in [2.45, 2.75) is 13.8 Å². The number of nitrogens with zero attached hydrogens (tertiary/aromatic N) is 1. The molecule has 0 atom stereocenters. The summed E-state index contributed by atoms with van der Waals surface area (Å²) in [4.78, 5) is 12.5. The van der Waals surface area contributed by atoms with Gasteiger partial charge in [0.1, 0.15) is 17.4 Å². The van der Waals surface area contributed by atoms with Crippen molar-refractivity contribution in [1.29, 1.82) is 5.26 Å². The molecule has 0 aromatic heterocycles. The minimum atomic E-state index is -0.311. The van der Waals surface area contributed by atoms with Gasteiger partial charge in [-0.25, -0.2) is 0 Å². The molecular formula is C19H19NO2. The summed E-state index contributed by atoms with van der Waals surface area (Å²) >= 11 is 0. The van der Waals surface area contributed by atoms with Crippen LogP contribution in [0.5, 0.6) is 5.75 Å². The van der Waals surface area contributed by atoms with Gasteiger partial charge in [-0.2, -0.15) is 5.26 Å². The van der Waals surface area contributed by atoms with Crippen LogP contribution >= 0.6 is 0 Å². The van der Waals surface area contributed by atoms with E-state index in [1.54, 1.807) is 44.4 Å². The van der Waals surface area contributed by atoms with Crippen LogP contribution in [-0.4, -0.2) is 12.9 Å². The number of carbonyl (C=O) groups is 1. The zero-order chi connectivity index (χ0) is 16.5. The van der Waals surface area contributed by atoms with Gasteiger partial charge < -0.3 is 4.74 Å². The quantitative estimate of drug-likeness (QED) is 0.447. The van der Waals surface area contributed by atoms with Gasteiger partial charge in [0, 0.05) is 5.57 Å². The lowest BCUT2D eigenvalue weighted by Gasteiger charge is -2.07. The molecule has 0 aliphatic rings. The van der Waals surface area contributed by atoms with Crippen molar-refractivity contribution in [3.8, 4) is 11.8 Å². The number of rotatable bonds is 6. The normalized spacial score (nSPS) is 12.5. The Morgan fingerprint density at radius 2 is 1.95 bits per heavy atom. The summed E-state index contributed by atoms with van der Waals surface area (Å²) in [7, 11) is 1.59. The first-order chi connectivity index (χ1) is 10.6. The highest BCUT2D eigenvalue weighted by molar-refractivity contribution is 6.16. The van der Waals surface area contributed by atoms with Crippen LogP contribution in [0.25, 0.3) is 5.57 Å². The fourth-order valence-corrected chi connectivity index (χ4v) is 1.95. The average molecular weight is 293 g/mol. The molecule has 0 unspecified atom stereocenters. The highest BCUT2D eigenvalue weighted by atomic mass is 16.5. The number of hydrogen-bond donors (Lipinski definition) is 0. The zero-order valence-corrected chi connectivity index (χ0v) is 13.1. The van der Waals surface area contributed by atoms with Gasteiger partial charge in [0.05, 0.1) is 7.11 Å². The first-order valence-electron chi connectivity index (χ1n) is 6.84. The van der Waals surface area contributed by atoms with Crippen molar-refractivity contribution in [2.24, 2.45) is 0 Å². The Hall–Kier alpha value is -2.86. The second-order valence-electron chi connectivity index (χ2n) is 4.53. The molecule has 3 nitrogen and oxygen atoms in total. The standard InChI is InChI=1S/C19H19NO2/c1-5-7-16(8-6-2)19(21)18(13-20)14(3)15-9-11-17(22-4)12-10-15/h5-12H,1H2,2-4H3/b8-6-,16-7+,18-14+. The molecule has 0 fully saturated rings. The maximum absolute atomic E-state index is 12.5. The molecule has 0 N–H and O–H groups in total. The summed E-state index contributed by atoms with van der Waals surface area (Å²) in [6.45, 7) is 7.18. The summed E-state index contributed by atoms with van der Waals surface area (Å²) in [5.74, 6) is 0.413. The fraction of sp³-hybridized carbons (Fsp3) is 0.158. The minimum Gasteiger partial charge on any atom is -0.497 e. The molecule has 3 heteroatoms. The number of benzene rings is 1. The molecule has 1 aromatic rings. The molecule has 0 amide bonds. The topological polar surface area (TPSA) is 50.1 Å². The van der Waals surface area contributed by atoms with Crippen molar-refractivity contribution >= 4 is 11.4 Å². The monoisotopic (exact) mass is 293 g/mol. The summed E-state index contributed by atoms with van der Waals surface area (Å²) < 4.78 is 5.11. The van der Waals surface area contributed by atoms with E-state index in [9.17, 15) is 10.1 Å². The van der Waals surface area contributed by atoms with Crippen molar-refractivity contribution in [3.05, 3.63) is 71.9 Å². The second-order valence-corrected chi connectivity index (χ2v) is 4.53. The third-order valence-electron chi connectivity index (χ3n) is 3.14. The van der Waals surface area contributed by atoms with Gasteiger partial charge in [0.2, 0.25) is 5.78 Å².